The summed E-state index contributed by atoms with van der Waals surface area (Å²) in [7, 11) is 0. The number of anilines is 3. The van der Waals surface area contributed by atoms with E-state index in [1.165, 1.54) is 17.8 Å². The zero-order chi connectivity index (χ0) is 16.9. The number of nitrogens with zero attached hydrogens (tertiary/aromatic N) is 3. The predicted octanol–water partition coefficient (Wildman–Crippen LogP) is 4.19. The summed E-state index contributed by atoms with van der Waals surface area (Å²) in [6, 6.07) is 16.1. The van der Waals surface area contributed by atoms with Crippen LogP contribution >= 0.6 is 11.8 Å². The van der Waals surface area contributed by atoms with Crippen LogP contribution in [0.3, 0.4) is 0 Å². The Kier molecular flexibility index (Phi) is 4.90. The second-order valence-electron chi connectivity index (χ2n) is 5.06. The Labute approximate surface area is 143 Å². The van der Waals surface area contributed by atoms with Crippen molar-refractivity contribution in [2.24, 2.45) is 0 Å². The molecule has 0 aliphatic heterocycles. The Morgan fingerprint density at radius 1 is 1.00 bits per heavy atom. The maximum Gasteiger partial charge on any atom is 0.232 e. The number of nitrogens with two attached hydrogens (primary N) is 1. The molecule has 0 saturated carbocycles. The molecule has 0 fully saturated rings. The van der Waals surface area contributed by atoms with Crippen LogP contribution in [0, 0.1) is 5.82 Å². The van der Waals surface area contributed by atoms with E-state index in [0.29, 0.717) is 16.7 Å². The predicted molar refractivity (Wildman–Crippen MR) is 94.6 cm³/mol. The number of thioether (sulfide) groups is 1. The molecule has 24 heavy (non-hydrogen) atoms. The summed E-state index contributed by atoms with van der Waals surface area (Å²) < 4.78 is 13.8. The first-order valence-corrected chi connectivity index (χ1v) is 8.24. The molecule has 0 aliphatic carbocycles. The van der Waals surface area contributed by atoms with Gasteiger partial charge in [-0.2, -0.15) is 15.0 Å². The van der Waals surface area contributed by atoms with Crippen LogP contribution in [0.25, 0.3) is 0 Å². The van der Waals surface area contributed by atoms with Crippen LogP contribution in [-0.4, -0.2) is 15.0 Å². The molecule has 7 heteroatoms. The van der Waals surface area contributed by atoms with E-state index in [9.17, 15) is 4.39 Å². The summed E-state index contributed by atoms with van der Waals surface area (Å²) in [5, 5.41) is 2.91. The van der Waals surface area contributed by atoms with Crippen molar-refractivity contribution in [2.45, 2.75) is 17.1 Å². The molecular weight excluding hydrogens is 325 g/mol. The highest BCUT2D eigenvalue weighted by atomic mass is 32.2. The Hall–Kier alpha value is -2.67. The van der Waals surface area contributed by atoms with Crippen molar-refractivity contribution < 1.29 is 4.39 Å². The lowest BCUT2D eigenvalue weighted by Crippen LogP contribution is -2.08. The second-order valence-corrected chi connectivity index (χ2v) is 6.44. The normalized spacial score (nSPS) is 11.9. The summed E-state index contributed by atoms with van der Waals surface area (Å²) >= 11 is 1.34. The van der Waals surface area contributed by atoms with Gasteiger partial charge in [0.25, 0.3) is 0 Å². The SMILES string of the molecule is CC(Sc1ccccc1F)c1nc(N)nc(Nc2ccccc2)n1. The van der Waals surface area contributed by atoms with Gasteiger partial charge in [0.05, 0.1) is 5.25 Å². The van der Waals surface area contributed by atoms with Gasteiger partial charge in [0.15, 0.2) is 0 Å². The molecule has 0 spiro atoms. The first-order chi connectivity index (χ1) is 11.6. The van der Waals surface area contributed by atoms with Crippen molar-refractivity contribution >= 4 is 29.3 Å². The van der Waals surface area contributed by atoms with Crippen LogP contribution in [0.15, 0.2) is 59.5 Å². The van der Waals surface area contributed by atoms with E-state index in [4.69, 9.17) is 5.73 Å². The molecule has 122 valence electrons. The first-order valence-electron chi connectivity index (χ1n) is 7.36. The van der Waals surface area contributed by atoms with Crippen LogP contribution < -0.4 is 11.1 Å². The molecule has 0 amide bonds. The average molecular weight is 341 g/mol. The van der Waals surface area contributed by atoms with Gasteiger partial charge >= 0.3 is 0 Å². The fourth-order valence-corrected chi connectivity index (χ4v) is 3.01. The standard InChI is InChI=1S/C17H16FN5S/c1-11(24-14-10-6-5-9-13(14)18)15-21-16(19)23-17(22-15)20-12-7-3-2-4-8-12/h2-11H,1H3,(H3,19,20,21,22,23). The Morgan fingerprint density at radius 2 is 1.71 bits per heavy atom. The molecule has 2 aromatic carbocycles. The maximum atomic E-state index is 13.8. The molecule has 5 nitrogen and oxygen atoms in total. The first kappa shape index (κ1) is 16.2. The molecule has 3 aromatic rings. The number of rotatable bonds is 5. The minimum absolute atomic E-state index is 0.124. The quantitative estimate of drug-likeness (QED) is 0.678. The Bertz CT molecular complexity index is 828. The van der Waals surface area contributed by atoms with Crippen molar-refractivity contribution in [3.8, 4) is 0 Å². The molecule has 1 atom stereocenters. The van der Waals surface area contributed by atoms with E-state index in [1.54, 1.807) is 18.2 Å². The number of para-hydroxylation sites is 1. The molecule has 3 N–H and O–H groups in total. The van der Waals surface area contributed by atoms with Gasteiger partial charge in [0, 0.05) is 10.6 Å². The maximum absolute atomic E-state index is 13.8. The Balaban J connectivity index is 1.81. The van der Waals surface area contributed by atoms with Crippen LogP contribution in [0.4, 0.5) is 22.0 Å². The van der Waals surface area contributed by atoms with Crippen molar-refractivity contribution in [1.29, 1.82) is 0 Å². The molecule has 0 aliphatic rings. The van der Waals surface area contributed by atoms with E-state index in [2.05, 4.69) is 20.3 Å². The summed E-state index contributed by atoms with van der Waals surface area (Å²) in [6.45, 7) is 1.90. The van der Waals surface area contributed by atoms with E-state index >= 15 is 0 Å². The number of benzene rings is 2. The number of hydrogen-bond acceptors (Lipinski definition) is 6. The van der Waals surface area contributed by atoms with Crippen LogP contribution in [0.1, 0.15) is 18.0 Å². The van der Waals surface area contributed by atoms with Gasteiger partial charge in [-0.25, -0.2) is 4.39 Å². The fraction of sp³-hybridized carbons (Fsp3) is 0.118. The van der Waals surface area contributed by atoms with Gasteiger partial charge < -0.3 is 11.1 Å². The zero-order valence-corrected chi connectivity index (χ0v) is 13.8. The molecule has 3 rings (SSSR count). The van der Waals surface area contributed by atoms with Crippen molar-refractivity contribution in [3.05, 3.63) is 66.2 Å². The van der Waals surface area contributed by atoms with Crippen LogP contribution in [0.5, 0.6) is 0 Å². The van der Waals surface area contributed by atoms with Gasteiger partial charge in [-0.1, -0.05) is 30.3 Å². The summed E-state index contributed by atoms with van der Waals surface area (Å²) in [4.78, 5) is 13.2. The van der Waals surface area contributed by atoms with Gasteiger partial charge in [-0.3, -0.25) is 0 Å². The topological polar surface area (TPSA) is 76.7 Å². The van der Waals surface area contributed by atoms with Crippen molar-refractivity contribution in [2.75, 3.05) is 11.1 Å². The molecular formula is C17H16FN5S. The lowest BCUT2D eigenvalue weighted by atomic mass is 10.3. The van der Waals surface area contributed by atoms with Gasteiger partial charge in [-0.05, 0) is 31.2 Å². The zero-order valence-electron chi connectivity index (χ0n) is 13.0. The molecule has 0 radical (unpaired) electrons. The molecule has 1 unspecified atom stereocenters. The average Bonchev–Trinajstić information content (AvgIpc) is 2.57. The lowest BCUT2D eigenvalue weighted by Gasteiger charge is -2.12. The third-order valence-electron chi connectivity index (χ3n) is 3.20. The van der Waals surface area contributed by atoms with E-state index in [-0.39, 0.29) is 17.0 Å². The highest BCUT2D eigenvalue weighted by Gasteiger charge is 2.15. The molecule has 0 saturated heterocycles. The van der Waals surface area contributed by atoms with Crippen molar-refractivity contribution in [3.63, 3.8) is 0 Å². The monoisotopic (exact) mass is 341 g/mol. The van der Waals surface area contributed by atoms with E-state index < -0.39 is 0 Å². The van der Waals surface area contributed by atoms with Crippen LogP contribution in [0.2, 0.25) is 0 Å². The third kappa shape index (κ3) is 3.99. The fourth-order valence-electron chi connectivity index (χ4n) is 2.08. The van der Waals surface area contributed by atoms with Gasteiger partial charge in [0.1, 0.15) is 11.6 Å². The number of aromatic nitrogens is 3. The lowest BCUT2D eigenvalue weighted by molar-refractivity contribution is 0.601. The second kappa shape index (κ2) is 7.27. The molecule has 0 bridgehead atoms. The molecule has 1 aromatic heterocycles. The van der Waals surface area contributed by atoms with Gasteiger partial charge in [-0.15, -0.1) is 11.8 Å². The minimum atomic E-state index is -0.265. The summed E-state index contributed by atoms with van der Waals surface area (Å²) in [6.07, 6.45) is 0. The van der Waals surface area contributed by atoms with E-state index in [1.807, 2.05) is 37.3 Å². The van der Waals surface area contributed by atoms with E-state index in [0.717, 1.165) is 5.69 Å². The third-order valence-corrected chi connectivity index (χ3v) is 4.35. The molecule has 1 heterocycles. The Morgan fingerprint density at radius 3 is 2.46 bits per heavy atom. The number of hydrogen-bond donors (Lipinski definition) is 2. The highest BCUT2D eigenvalue weighted by Crippen LogP contribution is 2.34. The van der Waals surface area contributed by atoms with Gasteiger partial charge in [0.2, 0.25) is 11.9 Å². The number of nitrogen functional groups attached to an aromatic ring is 1. The highest BCUT2D eigenvalue weighted by molar-refractivity contribution is 7.99. The summed E-state index contributed by atoms with van der Waals surface area (Å²) in [5.41, 5.74) is 6.64. The largest absolute Gasteiger partial charge is 0.368 e. The smallest absolute Gasteiger partial charge is 0.232 e. The van der Waals surface area contributed by atoms with Crippen LogP contribution in [-0.2, 0) is 0 Å². The number of halogens is 1. The van der Waals surface area contributed by atoms with Crippen molar-refractivity contribution in [1.82, 2.24) is 15.0 Å². The summed E-state index contributed by atoms with van der Waals surface area (Å²) in [5.74, 6) is 0.720. The minimum Gasteiger partial charge on any atom is -0.368 e. The number of nitrogens with one attached hydrogen (secondary N) is 1.